The van der Waals surface area contributed by atoms with Crippen LogP contribution in [0.2, 0.25) is 0 Å². The van der Waals surface area contributed by atoms with E-state index < -0.39 is 5.41 Å². The molecule has 0 saturated carbocycles. The van der Waals surface area contributed by atoms with Crippen LogP contribution in [0.5, 0.6) is 0 Å². The molecule has 1 aliphatic rings. The summed E-state index contributed by atoms with van der Waals surface area (Å²) in [5.41, 5.74) is 3.84. The molecule has 156 valence electrons. The molecule has 0 N–H and O–H groups in total. The fraction of sp³-hybridized carbons (Fsp3) is 0.0345. The number of rotatable bonds is 4. The summed E-state index contributed by atoms with van der Waals surface area (Å²) in [5, 5.41) is 0. The summed E-state index contributed by atoms with van der Waals surface area (Å²) in [6.45, 7) is 0. The predicted molar refractivity (Wildman–Crippen MR) is 128 cm³/mol. The van der Waals surface area contributed by atoms with Gasteiger partial charge in [-0.1, -0.05) is 0 Å². The van der Waals surface area contributed by atoms with Crippen molar-refractivity contribution < 1.29 is 8.78 Å². The standard InChI is InChI=1S/C29H20F2Se/c30-25-15-11-21(12-16-25)27-19-29(23-7-3-1-4-8-23,24-9-5-2-6-10-24)20-28(32-27)22-13-17-26(31)18-14-22/h1-20H. The third-order valence-corrected chi connectivity index (χ3v) is 8.10. The van der Waals surface area contributed by atoms with Gasteiger partial charge in [-0.3, -0.25) is 0 Å². The van der Waals surface area contributed by atoms with Gasteiger partial charge in [0.25, 0.3) is 0 Å². The van der Waals surface area contributed by atoms with Gasteiger partial charge in [0.1, 0.15) is 0 Å². The van der Waals surface area contributed by atoms with Gasteiger partial charge < -0.3 is 0 Å². The zero-order valence-electron chi connectivity index (χ0n) is 17.2. The van der Waals surface area contributed by atoms with Crippen molar-refractivity contribution in [2.24, 2.45) is 0 Å². The molecule has 0 atom stereocenters. The van der Waals surface area contributed by atoms with E-state index in [2.05, 4.69) is 60.7 Å². The number of halogens is 2. The topological polar surface area (TPSA) is 0 Å². The number of benzene rings is 4. The molecule has 0 unspecified atom stereocenters. The SMILES string of the molecule is Fc1ccc(C2=CC(c3ccccc3)(c3ccccc3)C=C(c3ccc(F)cc3)[Se]2)cc1. The van der Waals surface area contributed by atoms with Gasteiger partial charge in [0.2, 0.25) is 0 Å². The maximum atomic E-state index is 13.7. The van der Waals surface area contributed by atoms with E-state index in [4.69, 9.17) is 0 Å². The van der Waals surface area contributed by atoms with E-state index in [0.717, 1.165) is 22.3 Å². The quantitative estimate of drug-likeness (QED) is 0.272. The van der Waals surface area contributed by atoms with Crippen molar-refractivity contribution in [1.82, 2.24) is 0 Å². The molecule has 0 bridgehead atoms. The maximum absolute atomic E-state index is 13.7. The summed E-state index contributed by atoms with van der Waals surface area (Å²) in [6, 6.07) is 34.2. The van der Waals surface area contributed by atoms with Crippen LogP contribution in [0.1, 0.15) is 22.3 Å². The molecular weight excluding hydrogens is 465 g/mol. The molecule has 4 aromatic carbocycles. The van der Waals surface area contributed by atoms with Crippen LogP contribution < -0.4 is 0 Å². The Bertz CT molecular complexity index is 1170. The Morgan fingerprint density at radius 3 is 1.22 bits per heavy atom. The zero-order chi connectivity index (χ0) is 22.0. The normalized spacial score (nSPS) is 15.1. The predicted octanol–water partition coefficient (Wildman–Crippen LogP) is 7.05. The summed E-state index contributed by atoms with van der Waals surface area (Å²) in [5.74, 6) is -0.492. The van der Waals surface area contributed by atoms with Crippen LogP contribution in [0, 0.1) is 11.6 Å². The van der Waals surface area contributed by atoms with Gasteiger partial charge in [-0.25, -0.2) is 0 Å². The number of hydrogen-bond acceptors (Lipinski definition) is 0. The van der Waals surface area contributed by atoms with Crippen LogP contribution in [0.3, 0.4) is 0 Å². The average molecular weight is 485 g/mol. The first-order valence-electron chi connectivity index (χ1n) is 10.4. The minimum atomic E-state index is -0.490. The molecule has 5 rings (SSSR count). The Hall–Kier alpha value is -3.26. The van der Waals surface area contributed by atoms with Crippen LogP contribution in [-0.2, 0) is 5.41 Å². The fourth-order valence-electron chi connectivity index (χ4n) is 4.07. The molecule has 3 heteroatoms. The molecule has 0 nitrogen and oxygen atoms in total. The van der Waals surface area contributed by atoms with Crippen LogP contribution in [0.15, 0.2) is 121 Å². The van der Waals surface area contributed by atoms with Gasteiger partial charge in [0.15, 0.2) is 0 Å². The second-order valence-electron chi connectivity index (χ2n) is 7.73. The molecule has 0 spiro atoms. The third-order valence-electron chi connectivity index (χ3n) is 5.70. The van der Waals surface area contributed by atoms with Crippen LogP contribution in [0.4, 0.5) is 8.78 Å². The second kappa shape index (κ2) is 8.70. The molecule has 32 heavy (non-hydrogen) atoms. The summed E-state index contributed by atoms with van der Waals surface area (Å²) >= 11 is -0.0251. The molecule has 0 aliphatic carbocycles. The first-order valence-corrected chi connectivity index (χ1v) is 12.1. The Kier molecular flexibility index (Phi) is 5.61. The van der Waals surface area contributed by atoms with Gasteiger partial charge in [0.05, 0.1) is 0 Å². The van der Waals surface area contributed by atoms with Crippen LogP contribution >= 0.6 is 0 Å². The Labute approximate surface area is 193 Å². The number of allylic oxidation sites excluding steroid dienone is 2. The Morgan fingerprint density at radius 1 is 0.469 bits per heavy atom. The summed E-state index contributed by atoms with van der Waals surface area (Å²) in [6.07, 6.45) is 4.63. The van der Waals surface area contributed by atoms with E-state index in [1.54, 1.807) is 0 Å². The van der Waals surface area contributed by atoms with Gasteiger partial charge in [-0.05, 0) is 0 Å². The molecule has 0 radical (unpaired) electrons. The van der Waals surface area contributed by atoms with E-state index in [-0.39, 0.29) is 26.6 Å². The van der Waals surface area contributed by atoms with Crippen LogP contribution in [0.25, 0.3) is 8.94 Å². The molecule has 0 amide bonds. The molecule has 1 aliphatic heterocycles. The van der Waals surface area contributed by atoms with E-state index in [1.165, 1.54) is 33.2 Å². The van der Waals surface area contributed by atoms with Crippen molar-refractivity contribution in [2.75, 3.05) is 0 Å². The zero-order valence-corrected chi connectivity index (χ0v) is 18.9. The molecule has 0 fully saturated rings. The van der Waals surface area contributed by atoms with E-state index in [0.29, 0.717) is 0 Å². The van der Waals surface area contributed by atoms with Gasteiger partial charge in [0, 0.05) is 0 Å². The fourth-order valence-corrected chi connectivity index (χ4v) is 6.66. The van der Waals surface area contributed by atoms with Crippen molar-refractivity contribution in [3.05, 3.63) is 155 Å². The Morgan fingerprint density at radius 2 is 0.844 bits per heavy atom. The van der Waals surface area contributed by atoms with Crippen molar-refractivity contribution >= 4 is 23.9 Å². The third kappa shape index (κ3) is 3.98. The van der Waals surface area contributed by atoms with E-state index in [1.807, 2.05) is 36.4 Å². The van der Waals surface area contributed by atoms with Crippen molar-refractivity contribution in [2.45, 2.75) is 5.41 Å². The van der Waals surface area contributed by atoms with Crippen LogP contribution in [-0.4, -0.2) is 15.0 Å². The van der Waals surface area contributed by atoms with Crippen molar-refractivity contribution in [1.29, 1.82) is 0 Å². The van der Waals surface area contributed by atoms with Crippen molar-refractivity contribution in [3.8, 4) is 0 Å². The van der Waals surface area contributed by atoms with Gasteiger partial charge in [-0.2, -0.15) is 0 Å². The van der Waals surface area contributed by atoms with Gasteiger partial charge >= 0.3 is 193 Å². The molecule has 1 heterocycles. The summed E-state index contributed by atoms with van der Waals surface area (Å²) in [4.78, 5) is 0. The molecule has 4 aromatic rings. The average Bonchev–Trinajstić information content (AvgIpc) is 2.86. The molecule has 0 saturated heterocycles. The second-order valence-corrected chi connectivity index (χ2v) is 10.0. The number of hydrogen-bond donors (Lipinski definition) is 0. The van der Waals surface area contributed by atoms with E-state index in [9.17, 15) is 8.78 Å². The molecule has 0 aromatic heterocycles. The minimum absolute atomic E-state index is 0.0251. The first kappa shape index (κ1) is 20.6. The summed E-state index contributed by atoms with van der Waals surface area (Å²) in [7, 11) is 0. The van der Waals surface area contributed by atoms with E-state index >= 15 is 0 Å². The molecular formula is C29H20F2Se. The monoisotopic (exact) mass is 486 g/mol. The Balaban J connectivity index is 1.78. The van der Waals surface area contributed by atoms with Gasteiger partial charge in [-0.15, -0.1) is 0 Å². The van der Waals surface area contributed by atoms with Crippen molar-refractivity contribution in [3.63, 3.8) is 0 Å². The summed E-state index contributed by atoms with van der Waals surface area (Å²) < 4.78 is 29.7. The first-order chi connectivity index (χ1) is 15.6.